The average Bonchev–Trinajstić information content (AvgIpc) is 2.88. The van der Waals surface area contributed by atoms with E-state index in [-0.39, 0.29) is 30.8 Å². The van der Waals surface area contributed by atoms with E-state index in [1.165, 1.54) is 16.2 Å². The lowest BCUT2D eigenvalue weighted by Crippen LogP contribution is -2.41. The van der Waals surface area contributed by atoms with E-state index in [2.05, 4.69) is 4.98 Å². The molecule has 0 aromatic carbocycles. The first-order valence-electron chi connectivity index (χ1n) is 6.71. The van der Waals surface area contributed by atoms with Gasteiger partial charge >= 0.3 is 0 Å². The third-order valence-electron chi connectivity index (χ3n) is 2.96. The van der Waals surface area contributed by atoms with Crippen molar-refractivity contribution in [2.75, 3.05) is 33.2 Å². The number of halogens is 1. The Balaban J connectivity index is 0.00000400. The van der Waals surface area contributed by atoms with Crippen LogP contribution in [0.15, 0.2) is 5.38 Å². The number of rotatable bonds is 7. The summed E-state index contributed by atoms with van der Waals surface area (Å²) in [6.07, 6.45) is 0.667. The Labute approximate surface area is 135 Å². The highest BCUT2D eigenvalue weighted by atomic mass is 35.5. The molecule has 1 aromatic heterocycles. The van der Waals surface area contributed by atoms with Gasteiger partial charge in [0, 0.05) is 31.9 Å². The molecule has 0 saturated carbocycles. The molecule has 120 valence electrons. The van der Waals surface area contributed by atoms with Crippen LogP contribution in [0.4, 0.5) is 0 Å². The molecule has 6 nitrogen and oxygen atoms in total. The zero-order valence-corrected chi connectivity index (χ0v) is 14.3. The molecule has 0 aliphatic carbocycles. The Hall–Kier alpha value is -1.18. The van der Waals surface area contributed by atoms with Gasteiger partial charge in [0.05, 0.1) is 11.6 Å². The molecule has 0 fully saturated rings. The second-order valence-electron chi connectivity index (χ2n) is 4.39. The minimum Gasteiger partial charge on any atom is -0.342 e. The van der Waals surface area contributed by atoms with Gasteiger partial charge in [-0.25, -0.2) is 4.98 Å². The number of amides is 2. The summed E-state index contributed by atoms with van der Waals surface area (Å²) in [6, 6.07) is 0. The first kappa shape index (κ1) is 19.8. The van der Waals surface area contributed by atoms with Crippen LogP contribution in [0.25, 0.3) is 0 Å². The van der Waals surface area contributed by atoms with Crippen molar-refractivity contribution >= 4 is 35.6 Å². The molecule has 0 radical (unpaired) electrons. The molecule has 1 rings (SSSR count). The third kappa shape index (κ3) is 5.61. The van der Waals surface area contributed by atoms with Gasteiger partial charge in [0.15, 0.2) is 0 Å². The summed E-state index contributed by atoms with van der Waals surface area (Å²) < 4.78 is 0. The molecular formula is C13H23ClN4O2S. The van der Waals surface area contributed by atoms with E-state index in [0.29, 0.717) is 31.7 Å². The highest BCUT2D eigenvalue weighted by molar-refractivity contribution is 7.09. The predicted molar refractivity (Wildman–Crippen MR) is 87.0 cm³/mol. The van der Waals surface area contributed by atoms with Crippen molar-refractivity contribution in [2.45, 2.75) is 20.3 Å². The van der Waals surface area contributed by atoms with Crippen molar-refractivity contribution in [3.8, 4) is 0 Å². The molecule has 0 aliphatic rings. The Morgan fingerprint density at radius 1 is 1.33 bits per heavy atom. The predicted octanol–water partition coefficient (Wildman–Crippen LogP) is 1.01. The molecule has 8 heteroatoms. The summed E-state index contributed by atoms with van der Waals surface area (Å²) in [5, 5.41) is 2.56. The number of carbonyl (C=O) groups is 2. The van der Waals surface area contributed by atoms with Gasteiger partial charge in [0.25, 0.3) is 5.91 Å². The Morgan fingerprint density at radius 2 is 1.95 bits per heavy atom. The number of nitrogens with two attached hydrogens (primary N) is 1. The van der Waals surface area contributed by atoms with Gasteiger partial charge in [-0.1, -0.05) is 0 Å². The first-order chi connectivity index (χ1) is 9.53. The fraction of sp³-hybridized carbons (Fsp3) is 0.615. The molecule has 1 aromatic rings. The number of thiazole rings is 1. The number of likely N-dealkylation sites (N-methyl/N-ethyl adjacent to an activating group) is 2. The van der Waals surface area contributed by atoms with E-state index in [0.717, 1.165) is 5.01 Å². The lowest BCUT2D eigenvalue weighted by Gasteiger charge is -2.22. The van der Waals surface area contributed by atoms with Gasteiger partial charge in [0.1, 0.15) is 5.69 Å². The summed E-state index contributed by atoms with van der Waals surface area (Å²) in [4.78, 5) is 31.5. The van der Waals surface area contributed by atoms with Crippen LogP contribution in [-0.4, -0.2) is 59.8 Å². The molecule has 0 aliphatic heterocycles. The maximum atomic E-state index is 12.2. The summed E-state index contributed by atoms with van der Waals surface area (Å²) in [5.74, 6) is -0.284. The summed E-state index contributed by atoms with van der Waals surface area (Å²) >= 11 is 1.42. The molecule has 0 unspecified atom stereocenters. The fourth-order valence-corrected chi connectivity index (χ4v) is 2.58. The van der Waals surface area contributed by atoms with Crippen molar-refractivity contribution < 1.29 is 9.59 Å². The van der Waals surface area contributed by atoms with Crippen molar-refractivity contribution in [3.05, 3.63) is 16.1 Å². The molecule has 1 heterocycles. The van der Waals surface area contributed by atoms with E-state index in [1.54, 1.807) is 17.3 Å². The molecule has 2 amide bonds. The molecule has 0 saturated heterocycles. The SMILES string of the molecule is CCN(CC)C(=O)CN(C)C(=O)c1csc(CCN)n1.Cl. The second-order valence-corrected chi connectivity index (χ2v) is 5.34. The lowest BCUT2D eigenvalue weighted by atomic mass is 10.3. The molecule has 2 N–H and O–H groups in total. The maximum absolute atomic E-state index is 12.2. The third-order valence-corrected chi connectivity index (χ3v) is 3.87. The number of carbonyl (C=O) groups excluding carboxylic acids is 2. The van der Waals surface area contributed by atoms with Crippen molar-refractivity contribution in [2.24, 2.45) is 5.73 Å². The summed E-state index contributed by atoms with van der Waals surface area (Å²) in [7, 11) is 1.62. The van der Waals surface area contributed by atoms with Crippen LogP contribution in [0.2, 0.25) is 0 Å². The zero-order chi connectivity index (χ0) is 15.1. The quantitative estimate of drug-likeness (QED) is 0.807. The van der Waals surface area contributed by atoms with E-state index in [4.69, 9.17) is 5.73 Å². The number of hydrogen-bond donors (Lipinski definition) is 1. The van der Waals surface area contributed by atoms with Crippen LogP contribution < -0.4 is 5.73 Å². The van der Waals surface area contributed by atoms with Crippen LogP contribution in [-0.2, 0) is 11.2 Å². The maximum Gasteiger partial charge on any atom is 0.273 e. The van der Waals surface area contributed by atoms with Gasteiger partial charge in [-0.3, -0.25) is 9.59 Å². The largest absolute Gasteiger partial charge is 0.342 e. The van der Waals surface area contributed by atoms with Gasteiger partial charge < -0.3 is 15.5 Å². The van der Waals surface area contributed by atoms with E-state index in [9.17, 15) is 9.59 Å². The number of nitrogens with zero attached hydrogens (tertiary/aromatic N) is 3. The minimum absolute atomic E-state index is 0. The Bertz CT molecular complexity index is 463. The smallest absolute Gasteiger partial charge is 0.273 e. The van der Waals surface area contributed by atoms with Gasteiger partial charge in [-0.15, -0.1) is 23.7 Å². The molecule has 21 heavy (non-hydrogen) atoms. The van der Waals surface area contributed by atoms with Crippen LogP contribution >= 0.6 is 23.7 Å². The highest BCUT2D eigenvalue weighted by Gasteiger charge is 2.19. The van der Waals surface area contributed by atoms with Crippen molar-refractivity contribution in [3.63, 3.8) is 0 Å². The van der Waals surface area contributed by atoms with Crippen LogP contribution in [0.3, 0.4) is 0 Å². The lowest BCUT2D eigenvalue weighted by molar-refractivity contribution is -0.131. The molecule has 0 spiro atoms. The van der Waals surface area contributed by atoms with Gasteiger partial charge in [-0.05, 0) is 20.4 Å². The highest BCUT2D eigenvalue weighted by Crippen LogP contribution is 2.11. The van der Waals surface area contributed by atoms with Gasteiger partial charge in [0.2, 0.25) is 5.91 Å². The topological polar surface area (TPSA) is 79.5 Å². The second kappa shape index (κ2) is 9.70. The minimum atomic E-state index is -0.231. The molecule has 0 atom stereocenters. The van der Waals surface area contributed by atoms with Crippen LogP contribution in [0, 0.1) is 0 Å². The normalized spacial score (nSPS) is 9.90. The monoisotopic (exact) mass is 334 g/mol. The van der Waals surface area contributed by atoms with E-state index >= 15 is 0 Å². The van der Waals surface area contributed by atoms with Crippen molar-refractivity contribution in [1.29, 1.82) is 0 Å². The molecule has 0 bridgehead atoms. The van der Waals surface area contributed by atoms with E-state index in [1.807, 2.05) is 13.8 Å². The van der Waals surface area contributed by atoms with E-state index < -0.39 is 0 Å². The fourth-order valence-electron chi connectivity index (χ4n) is 1.79. The first-order valence-corrected chi connectivity index (χ1v) is 7.59. The summed E-state index contributed by atoms with van der Waals surface area (Å²) in [5.41, 5.74) is 5.84. The van der Waals surface area contributed by atoms with Crippen molar-refractivity contribution in [1.82, 2.24) is 14.8 Å². The van der Waals surface area contributed by atoms with Crippen LogP contribution in [0.5, 0.6) is 0 Å². The zero-order valence-electron chi connectivity index (χ0n) is 12.7. The molecular weight excluding hydrogens is 312 g/mol. The summed E-state index contributed by atoms with van der Waals surface area (Å²) in [6.45, 7) is 5.72. The number of aromatic nitrogens is 1. The van der Waals surface area contributed by atoms with Gasteiger partial charge in [-0.2, -0.15) is 0 Å². The number of hydrogen-bond acceptors (Lipinski definition) is 5. The van der Waals surface area contributed by atoms with Crippen LogP contribution in [0.1, 0.15) is 29.3 Å². The Kier molecular flexibility index (Phi) is 9.16. The Morgan fingerprint density at radius 3 is 2.48 bits per heavy atom. The standard InChI is InChI=1S/C13H22N4O2S.ClH/c1-4-17(5-2)12(18)8-16(3)13(19)10-9-20-11(15-10)6-7-14;/h9H,4-8,14H2,1-3H3;1H. The average molecular weight is 335 g/mol.